The van der Waals surface area contributed by atoms with Crippen LogP contribution in [0.1, 0.15) is 13.3 Å². The molecule has 0 aromatic rings. The van der Waals surface area contributed by atoms with Gasteiger partial charge in [-0.05, 0) is 0 Å². The summed E-state index contributed by atoms with van der Waals surface area (Å²) in [5.74, 6) is 0. The quantitative estimate of drug-likeness (QED) is 0.711. The van der Waals surface area contributed by atoms with E-state index in [2.05, 4.69) is 0 Å². The number of nitrogens with zero attached hydrogens (tertiary/aromatic N) is 1. The van der Waals surface area contributed by atoms with Crippen molar-refractivity contribution in [2.45, 2.75) is 25.6 Å². The molecule has 0 amide bonds. The minimum absolute atomic E-state index is 0.335. The zero-order valence-electron chi connectivity index (χ0n) is 7.69. The van der Waals surface area contributed by atoms with E-state index in [9.17, 15) is 13.2 Å². The van der Waals surface area contributed by atoms with Crippen molar-refractivity contribution in [2.75, 3.05) is 20.1 Å². The van der Waals surface area contributed by atoms with Crippen molar-refractivity contribution in [1.82, 2.24) is 4.90 Å². The topological polar surface area (TPSA) is 12.5 Å². The molecule has 0 aromatic heterocycles. The molecule has 0 bridgehead atoms. The molecule has 6 heteroatoms. The maximum atomic E-state index is 12.0. The molecule has 0 aliphatic carbocycles. The van der Waals surface area contributed by atoms with Crippen molar-refractivity contribution in [2.24, 2.45) is 0 Å². The van der Waals surface area contributed by atoms with Gasteiger partial charge in [0.1, 0.15) is 0 Å². The molecule has 77 valence electrons. The standard InChI is InChI=1S/C7H13F3NO.Sn/c1-3-11(2)5-6(12)4-7(8,9)10;/h6H,3-5H2,1-2H3;/q-1;+1. The fourth-order valence-electron chi connectivity index (χ4n) is 0.878. The number of halogens is 3. The Hall–Kier alpha value is 0.509. The summed E-state index contributed by atoms with van der Waals surface area (Å²) in [5.41, 5.74) is 0. The van der Waals surface area contributed by atoms with Gasteiger partial charge in [0.2, 0.25) is 0 Å². The van der Waals surface area contributed by atoms with Crippen molar-refractivity contribution < 1.29 is 16.2 Å². The monoisotopic (exact) mass is 304 g/mol. The Kier molecular flexibility index (Phi) is 6.32. The van der Waals surface area contributed by atoms with Gasteiger partial charge in [0.15, 0.2) is 0 Å². The fraction of sp³-hybridized carbons (Fsp3) is 1.00. The zero-order valence-corrected chi connectivity index (χ0v) is 10.5. The van der Waals surface area contributed by atoms with Crippen LogP contribution in [0.25, 0.3) is 0 Å². The molecule has 0 aliphatic heterocycles. The Bertz CT molecular complexity index is 142. The predicted octanol–water partition coefficient (Wildman–Crippen LogP) is 1.36. The normalized spacial score (nSPS) is 15.0. The van der Waals surface area contributed by atoms with Crippen LogP contribution in [-0.4, -0.2) is 60.3 Å². The van der Waals surface area contributed by atoms with Gasteiger partial charge in [-0.1, -0.05) is 0 Å². The summed E-state index contributed by atoms with van der Waals surface area (Å²) in [7, 11) is 1.78. The summed E-state index contributed by atoms with van der Waals surface area (Å²) in [6.07, 6.45) is -5.71. The number of hydrogen-bond donors (Lipinski definition) is 0. The first-order valence-corrected chi connectivity index (χ1v) is 5.13. The molecule has 2 nitrogen and oxygen atoms in total. The third-order valence-corrected chi connectivity index (χ3v) is 2.63. The molecule has 1 atom stereocenters. The average molecular weight is 303 g/mol. The molecule has 0 spiro atoms. The van der Waals surface area contributed by atoms with Crippen LogP contribution in [0.4, 0.5) is 13.2 Å². The zero-order chi connectivity index (χ0) is 10.5. The van der Waals surface area contributed by atoms with E-state index < -0.39 is 18.7 Å². The number of rotatable bonds is 5. The first-order valence-electron chi connectivity index (χ1n) is 3.96. The molecule has 0 saturated carbocycles. The van der Waals surface area contributed by atoms with Gasteiger partial charge in [-0.25, -0.2) is 0 Å². The fourth-order valence-corrected chi connectivity index (χ4v) is 1.33. The van der Waals surface area contributed by atoms with Crippen LogP contribution in [0, 0.1) is 0 Å². The Labute approximate surface area is 90.1 Å². The van der Waals surface area contributed by atoms with Crippen LogP contribution in [0.2, 0.25) is 0 Å². The summed E-state index contributed by atoms with van der Waals surface area (Å²) in [4.78, 5) is 1.81. The molecule has 0 aliphatic rings. The second kappa shape index (κ2) is 6.08. The van der Waals surface area contributed by atoms with E-state index in [4.69, 9.17) is 3.07 Å². The van der Waals surface area contributed by atoms with Crippen molar-refractivity contribution in [3.05, 3.63) is 0 Å². The van der Waals surface area contributed by atoms with Gasteiger partial charge in [-0.3, -0.25) is 0 Å². The van der Waals surface area contributed by atoms with Crippen LogP contribution < -0.4 is 0 Å². The van der Waals surface area contributed by atoms with E-state index in [0.717, 1.165) is 6.54 Å². The van der Waals surface area contributed by atoms with Gasteiger partial charge in [0.25, 0.3) is 0 Å². The summed E-state index contributed by atoms with van der Waals surface area (Å²) >= 11 is 0.684. The van der Waals surface area contributed by atoms with E-state index in [-0.39, 0.29) is 0 Å². The van der Waals surface area contributed by atoms with Gasteiger partial charge in [0, 0.05) is 0 Å². The SMILES string of the molecule is CCN(C)CC(CC(F)(F)F)[O][Sn]. The molecule has 0 heterocycles. The molecule has 0 rings (SSSR count). The van der Waals surface area contributed by atoms with Gasteiger partial charge in [-0.15, -0.1) is 0 Å². The Morgan fingerprint density at radius 1 is 1.46 bits per heavy atom. The molecule has 1 unspecified atom stereocenters. The van der Waals surface area contributed by atoms with Gasteiger partial charge in [-0.2, -0.15) is 0 Å². The summed E-state index contributed by atoms with van der Waals surface area (Å²) < 4.78 is 40.7. The second-order valence-electron chi connectivity index (χ2n) is 2.91. The first-order chi connectivity index (χ1) is 5.89. The van der Waals surface area contributed by atoms with E-state index in [1.165, 1.54) is 0 Å². The predicted molar refractivity (Wildman–Crippen MR) is 44.5 cm³/mol. The van der Waals surface area contributed by atoms with Gasteiger partial charge >= 0.3 is 89.8 Å². The summed E-state index contributed by atoms with van der Waals surface area (Å²) in [6, 6.07) is 0. The summed E-state index contributed by atoms with van der Waals surface area (Å²) in [6.45, 7) is 2.96. The Balaban J connectivity index is 3.89. The van der Waals surface area contributed by atoms with Crippen LogP contribution in [0.5, 0.6) is 0 Å². The third-order valence-electron chi connectivity index (χ3n) is 1.68. The molecule has 3 radical (unpaired) electrons. The van der Waals surface area contributed by atoms with Gasteiger partial charge < -0.3 is 0 Å². The van der Waals surface area contributed by atoms with E-state index in [1.807, 2.05) is 6.92 Å². The van der Waals surface area contributed by atoms with Crippen LogP contribution in [0.3, 0.4) is 0 Å². The Morgan fingerprint density at radius 2 is 2.00 bits per heavy atom. The van der Waals surface area contributed by atoms with Crippen molar-refractivity contribution in [1.29, 1.82) is 0 Å². The van der Waals surface area contributed by atoms with Crippen LogP contribution >= 0.6 is 0 Å². The average Bonchev–Trinajstić information content (AvgIpc) is 2.00. The molecule has 0 aromatic carbocycles. The second-order valence-corrected chi connectivity index (χ2v) is 3.59. The van der Waals surface area contributed by atoms with Gasteiger partial charge in [0.05, 0.1) is 0 Å². The third kappa shape index (κ3) is 7.57. The van der Waals surface area contributed by atoms with E-state index in [0.29, 0.717) is 29.5 Å². The number of alkyl halides is 3. The number of hydrogen-bond acceptors (Lipinski definition) is 2. The first kappa shape index (κ1) is 13.5. The molecule has 0 fully saturated rings. The van der Waals surface area contributed by atoms with E-state index >= 15 is 0 Å². The maximum absolute atomic E-state index is 12.0. The molecule has 13 heavy (non-hydrogen) atoms. The molecule has 0 N–H and O–H groups in total. The minimum atomic E-state index is -4.13. The number of likely N-dealkylation sites (N-methyl/N-ethyl adjacent to an activating group) is 1. The van der Waals surface area contributed by atoms with Crippen LogP contribution in [-0.2, 0) is 3.07 Å². The Morgan fingerprint density at radius 3 is 2.31 bits per heavy atom. The van der Waals surface area contributed by atoms with E-state index in [1.54, 1.807) is 11.9 Å². The van der Waals surface area contributed by atoms with Crippen molar-refractivity contribution in [3.63, 3.8) is 0 Å². The summed E-state index contributed by atoms with van der Waals surface area (Å²) in [5, 5.41) is 0. The molecular weight excluding hydrogens is 290 g/mol. The van der Waals surface area contributed by atoms with Crippen molar-refractivity contribution in [3.8, 4) is 0 Å². The van der Waals surface area contributed by atoms with Crippen molar-refractivity contribution >= 4 is 22.9 Å². The molecular formula is C7H13F3NOSn. The van der Waals surface area contributed by atoms with Crippen LogP contribution in [0.15, 0.2) is 0 Å². The molecule has 0 saturated heterocycles.